The van der Waals surface area contributed by atoms with Gasteiger partial charge in [-0.15, -0.1) is 0 Å². The molecule has 1 saturated heterocycles. The zero-order valence-electron chi connectivity index (χ0n) is 18.0. The number of carbonyl (C=O) groups is 1. The van der Waals surface area contributed by atoms with Crippen LogP contribution < -0.4 is 4.90 Å². The highest BCUT2D eigenvalue weighted by molar-refractivity contribution is 6.01. The SMILES string of the molecule is Cc1cc(C(C[C@H](c2ccc(N3CCCC3=O)cc2)c2ccccc2C)=NO)ccn1. The van der Waals surface area contributed by atoms with Crippen molar-refractivity contribution in [2.24, 2.45) is 5.16 Å². The first-order valence-corrected chi connectivity index (χ1v) is 10.7. The minimum Gasteiger partial charge on any atom is -0.411 e. The third-order valence-electron chi connectivity index (χ3n) is 5.99. The van der Waals surface area contributed by atoms with Crippen LogP contribution in [0.1, 0.15) is 53.1 Å². The Morgan fingerprint density at radius 1 is 1.13 bits per heavy atom. The summed E-state index contributed by atoms with van der Waals surface area (Å²) in [7, 11) is 0. The fourth-order valence-corrected chi connectivity index (χ4v) is 4.33. The number of anilines is 1. The Balaban J connectivity index is 1.70. The largest absolute Gasteiger partial charge is 0.411 e. The highest BCUT2D eigenvalue weighted by Crippen LogP contribution is 2.33. The van der Waals surface area contributed by atoms with Gasteiger partial charge in [0.15, 0.2) is 0 Å². The van der Waals surface area contributed by atoms with Crippen molar-refractivity contribution >= 4 is 17.3 Å². The van der Waals surface area contributed by atoms with Crippen LogP contribution in [0.15, 0.2) is 72.0 Å². The first-order chi connectivity index (χ1) is 15.1. The van der Waals surface area contributed by atoms with E-state index in [-0.39, 0.29) is 11.8 Å². The molecule has 0 bridgehead atoms. The van der Waals surface area contributed by atoms with Crippen molar-refractivity contribution in [3.8, 4) is 0 Å². The van der Waals surface area contributed by atoms with Crippen LogP contribution in [0.3, 0.4) is 0 Å². The molecule has 5 nitrogen and oxygen atoms in total. The van der Waals surface area contributed by atoms with Crippen LogP contribution in [-0.2, 0) is 4.79 Å². The molecule has 158 valence electrons. The average Bonchev–Trinajstić information content (AvgIpc) is 3.21. The van der Waals surface area contributed by atoms with Gasteiger partial charge in [-0.1, -0.05) is 41.6 Å². The summed E-state index contributed by atoms with van der Waals surface area (Å²) in [5, 5.41) is 13.5. The van der Waals surface area contributed by atoms with Gasteiger partial charge in [-0.05, 0) is 61.2 Å². The highest BCUT2D eigenvalue weighted by atomic mass is 16.4. The first kappa shape index (κ1) is 20.8. The smallest absolute Gasteiger partial charge is 0.227 e. The molecule has 31 heavy (non-hydrogen) atoms. The molecule has 0 saturated carbocycles. The van der Waals surface area contributed by atoms with Gasteiger partial charge in [0.1, 0.15) is 0 Å². The number of benzene rings is 2. The molecular formula is C26H27N3O2. The Morgan fingerprint density at radius 3 is 2.55 bits per heavy atom. The van der Waals surface area contributed by atoms with Crippen LogP contribution in [0.5, 0.6) is 0 Å². The number of rotatable bonds is 6. The minimum atomic E-state index is 0.0175. The molecule has 0 unspecified atom stereocenters. The van der Waals surface area contributed by atoms with Gasteiger partial charge in [0.2, 0.25) is 5.91 Å². The van der Waals surface area contributed by atoms with E-state index in [1.54, 1.807) is 6.20 Å². The Kier molecular flexibility index (Phi) is 6.12. The van der Waals surface area contributed by atoms with E-state index in [1.165, 1.54) is 11.1 Å². The van der Waals surface area contributed by atoms with E-state index in [2.05, 4.69) is 41.3 Å². The number of aromatic nitrogens is 1. The summed E-state index contributed by atoms with van der Waals surface area (Å²) in [6.07, 6.45) is 3.82. The maximum absolute atomic E-state index is 12.1. The van der Waals surface area contributed by atoms with E-state index >= 15 is 0 Å². The zero-order chi connectivity index (χ0) is 21.8. The Morgan fingerprint density at radius 2 is 1.90 bits per heavy atom. The number of hydrogen-bond acceptors (Lipinski definition) is 4. The summed E-state index contributed by atoms with van der Waals surface area (Å²) in [6.45, 7) is 4.81. The van der Waals surface area contributed by atoms with Crippen molar-refractivity contribution in [3.05, 3.63) is 94.8 Å². The molecule has 1 atom stereocenters. The topological polar surface area (TPSA) is 65.8 Å². The van der Waals surface area contributed by atoms with Crippen molar-refractivity contribution < 1.29 is 10.0 Å². The second-order valence-corrected chi connectivity index (χ2v) is 8.09. The van der Waals surface area contributed by atoms with Crippen LogP contribution in [0, 0.1) is 13.8 Å². The summed E-state index contributed by atoms with van der Waals surface area (Å²) >= 11 is 0. The fourth-order valence-electron chi connectivity index (χ4n) is 4.33. The van der Waals surface area contributed by atoms with Gasteiger partial charge in [0.25, 0.3) is 0 Å². The van der Waals surface area contributed by atoms with Crippen LogP contribution in [0.4, 0.5) is 5.69 Å². The lowest BCUT2D eigenvalue weighted by Gasteiger charge is -2.22. The fraction of sp³-hybridized carbons (Fsp3) is 0.269. The van der Waals surface area contributed by atoms with E-state index in [9.17, 15) is 10.0 Å². The zero-order valence-corrected chi connectivity index (χ0v) is 18.0. The van der Waals surface area contributed by atoms with E-state index in [4.69, 9.17) is 0 Å². The molecule has 1 amide bonds. The molecule has 2 heterocycles. The molecule has 5 heteroatoms. The van der Waals surface area contributed by atoms with E-state index in [0.29, 0.717) is 18.6 Å². The summed E-state index contributed by atoms with van der Waals surface area (Å²) in [4.78, 5) is 18.2. The number of amides is 1. The number of nitrogens with zero attached hydrogens (tertiary/aromatic N) is 3. The third kappa shape index (κ3) is 4.50. The Bertz CT molecular complexity index is 1110. The number of pyridine rings is 1. The number of oxime groups is 1. The van der Waals surface area contributed by atoms with Crippen molar-refractivity contribution in [1.29, 1.82) is 0 Å². The molecule has 2 aromatic carbocycles. The van der Waals surface area contributed by atoms with E-state index < -0.39 is 0 Å². The minimum absolute atomic E-state index is 0.0175. The maximum atomic E-state index is 12.1. The van der Waals surface area contributed by atoms with Gasteiger partial charge in [-0.25, -0.2) is 0 Å². The van der Waals surface area contributed by atoms with E-state index in [1.807, 2.05) is 48.2 Å². The maximum Gasteiger partial charge on any atom is 0.227 e. The van der Waals surface area contributed by atoms with Gasteiger partial charge in [0.05, 0.1) is 5.71 Å². The van der Waals surface area contributed by atoms with E-state index in [0.717, 1.165) is 35.5 Å². The molecule has 1 aliphatic rings. The lowest BCUT2D eigenvalue weighted by Crippen LogP contribution is -2.23. The Hall–Kier alpha value is -3.47. The second kappa shape index (κ2) is 9.13. The molecule has 1 fully saturated rings. The molecule has 1 aliphatic heterocycles. The predicted octanol–water partition coefficient (Wildman–Crippen LogP) is 5.23. The summed E-state index contributed by atoms with van der Waals surface area (Å²) < 4.78 is 0. The van der Waals surface area contributed by atoms with Gasteiger partial charge < -0.3 is 10.1 Å². The Labute approximate surface area is 183 Å². The summed E-state index contributed by atoms with van der Waals surface area (Å²) in [5.41, 5.74) is 6.82. The molecule has 3 aromatic rings. The molecule has 1 N–H and O–H groups in total. The van der Waals surface area contributed by atoms with Crippen LogP contribution >= 0.6 is 0 Å². The summed E-state index contributed by atoms with van der Waals surface area (Å²) in [6, 6.07) is 20.3. The molecule has 4 rings (SSSR count). The molecule has 0 radical (unpaired) electrons. The first-order valence-electron chi connectivity index (χ1n) is 10.7. The van der Waals surface area contributed by atoms with Crippen molar-refractivity contribution in [2.45, 2.75) is 39.0 Å². The molecule has 0 aliphatic carbocycles. The third-order valence-corrected chi connectivity index (χ3v) is 5.99. The molecular weight excluding hydrogens is 386 g/mol. The monoisotopic (exact) mass is 413 g/mol. The van der Waals surface area contributed by atoms with Gasteiger partial charge >= 0.3 is 0 Å². The van der Waals surface area contributed by atoms with Crippen LogP contribution in [0.2, 0.25) is 0 Å². The van der Waals surface area contributed by atoms with Gasteiger partial charge in [0, 0.05) is 48.4 Å². The number of aryl methyl sites for hydroxylation is 2. The van der Waals surface area contributed by atoms with Gasteiger partial charge in [-0.2, -0.15) is 0 Å². The predicted molar refractivity (Wildman–Crippen MR) is 123 cm³/mol. The summed E-state index contributed by atoms with van der Waals surface area (Å²) in [5.74, 6) is 0.204. The molecule has 0 spiro atoms. The van der Waals surface area contributed by atoms with Crippen molar-refractivity contribution in [2.75, 3.05) is 11.4 Å². The highest BCUT2D eigenvalue weighted by Gasteiger charge is 2.23. The lowest BCUT2D eigenvalue weighted by atomic mass is 9.83. The normalized spacial score (nSPS) is 15.4. The van der Waals surface area contributed by atoms with Crippen LogP contribution in [0.25, 0.3) is 0 Å². The second-order valence-electron chi connectivity index (χ2n) is 8.09. The van der Waals surface area contributed by atoms with Crippen LogP contribution in [-0.4, -0.2) is 28.4 Å². The quantitative estimate of drug-likeness (QED) is 0.342. The number of carbonyl (C=O) groups excluding carboxylic acids is 1. The van der Waals surface area contributed by atoms with Crippen molar-refractivity contribution in [1.82, 2.24) is 4.98 Å². The molecule has 1 aromatic heterocycles. The lowest BCUT2D eigenvalue weighted by molar-refractivity contribution is -0.117. The average molecular weight is 414 g/mol. The van der Waals surface area contributed by atoms with Crippen molar-refractivity contribution in [3.63, 3.8) is 0 Å². The number of hydrogen-bond donors (Lipinski definition) is 1. The standard InChI is InChI=1S/C26H27N3O2/c1-18-6-3-4-7-23(18)24(17-25(28-31)21-13-14-27-19(2)16-21)20-9-11-22(12-10-20)29-15-5-8-26(29)30/h3-4,6-7,9-14,16,24,31H,5,8,15,17H2,1-2H3/t24-/m1/s1. The van der Waals surface area contributed by atoms with Gasteiger partial charge in [-0.3, -0.25) is 9.78 Å².